The number of fused-ring (bicyclic) bond motifs is 1. The molecule has 0 N–H and O–H groups in total. The number of hydrogen-bond acceptors (Lipinski definition) is 4. The van der Waals surface area contributed by atoms with Crippen molar-refractivity contribution in [2.45, 2.75) is 79.6 Å². The highest BCUT2D eigenvalue weighted by atomic mass is 16.1. The molecule has 2 aromatic rings. The highest BCUT2D eigenvalue weighted by Gasteiger charge is 2.34. The molecule has 0 spiro atoms. The van der Waals surface area contributed by atoms with Crippen molar-refractivity contribution in [3.05, 3.63) is 58.7 Å². The Labute approximate surface area is 209 Å². The number of rotatable bonds is 11. The van der Waals surface area contributed by atoms with Gasteiger partial charge in [0.05, 0.1) is 6.42 Å². The Bertz CT molecular complexity index is 1110. The molecule has 2 aromatic carbocycles. The third-order valence-corrected chi connectivity index (χ3v) is 7.51. The van der Waals surface area contributed by atoms with Gasteiger partial charge in [0, 0.05) is 23.5 Å². The van der Waals surface area contributed by atoms with Gasteiger partial charge in [-0.3, -0.25) is 19.2 Å². The van der Waals surface area contributed by atoms with Crippen molar-refractivity contribution in [3.63, 3.8) is 0 Å². The van der Waals surface area contributed by atoms with Crippen LogP contribution in [0.15, 0.2) is 36.4 Å². The molecule has 1 aliphatic carbocycles. The van der Waals surface area contributed by atoms with E-state index in [-0.39, 0.29) is 47.3 Å². The maximum Gasteiger partial charge on any atom is 0.163 e. The standard InChI is InChI=1S/C31H38O4/c1-6-8-25(26(7-2)29(34)15-20(4)32)16-22-17-28-27(14-9-19(3)31(28)30(35)18-22)24-12-10-23(11-13-24)21(5)33/h9-14,22,25-26H,6-8,15-18H2,1-5H3. The molecule has 4 heteroatoms. The zero-order chi connectivity index (χ0) is 25.7. The van der Waals surface area contributed by atoms with E-state index in [0.29, 0.717) is 12.0 Å². The summed E-state index contributed by atoms with van der Waals surface area (Å²) in [7, 11) is 0. The first-order valence-corrected chi connectivity index (χ1v) is 12.9. The molecule has 0 aliphatic heterocycles. The predicted octanol–water partition coefficient (Wildman–Crippen LogP) is 6.99. The molecule has 3 atom stereocenters. The van der Waals surface area contributed by atoms with Crippen LogP contribution in [0.5, 0.6) is 0 Å². The fourth-order valence-electron chi connectivity index (χ4n) is 5.89. The van der Waals surface area contributed by atoms with Gasteiger partial charge in [-0.2, -0.15) is 0 Å². The second-order valence-electron chi connectivity index (χ2n) is 10.3. The van der Waals surface area contributed by atoms with Gasteiger partial charge in [0.15, 0.2) is 11.6 Å². The number of aryl methyl sites for hydroxylation is 1. The van der Waals surface area contributed by atoms with Crippen molar-refractivity contribution in [3.8, 4) is 11.1 Å². The molecule has 3 rings (SSSR count). The lowest BCUT2D eigenvalue weighted by atomic mass is 9.71. The fourth-order valence-corrected chi connectivity index (χ4v) is 5.89. The summed E-state index contributed by atoms with van der Waals surface area (Å²) in [5, 5.41) is 0. The number of benzene rings is 2. The molecule has 0 radical (unpaired) electrons. The van der Waals surface area contributed by atoms with Crippen molar-refractivity contribution in [1.82, 2.24) is 0 Å². The number of Topliss-reactive ketones (excluding diaryl/α,β-unsaturated/α-hetero) is 4. The molecule has 0 fully saturated rings. The van der Waals surface area contributed by atoms with E-state index in [9.17, 15) is 19.2 Å². The molecule has 1 aliphatic rings. The van der Waals surface area contributed by atoms with Crippen LogP contribution in [-0.2, 0) is 16.0 Å². The smallest absolute Gasteiger partial charge is 0.163 e. The van der Waals surface area contributed by atoms with Gasteiger partial charge in [0.25, 0.3) is 0 Å². The van der Waals surface area contributed by atoms with Gasteiger partial charge in [-0.15, -0.1) is 0 Å². The largest absolute Gasteiger partial charge is 0.300 e. The summed E-state index contributed by atoms with van der Waals surface area (Å²) in [5.41, 5.74) is 5.65. The predicted molar refractivity (Wildman–Crippen MR) is 140 cm³/mol. The summed E-state index contributed by atoms with van der Waals surface area (Å²) in [5.74, 6) is 0.386. The Balaban J connectivity index is 1.93. The lowest BCUT2D eigenvalue weighted by molar-refractivity contribution is -0.129. The lowest BCUT2D eigenvalue weighted by Gasteiger charge is -2.32. The van der Waals surface area contributed by atoms with Gasteiger partial charge in [0.2, 0.25) is 0 Å². The highest BCUT2D eigenvalue weighted by Crippen LogP contribution is 2.40. The monoisotopic (exact) mass is 474 g/mol. The van der Waals surface area contributed by atoms with Gasteiger partial charge in [-0.25, -0.2) is 0 Å². The molecule has 0 saturated heterocycles. The van der Waals surface area contributed by atoms with Crippen molar-refractivity contribution in [2.24, 2.45) is 17.8 Å². The van der Waals surface area contributed by atoms with Gasteiger partial charge < -0.3 is 0 Å². The van der Waals surface area contributed by atoms with Crippen molar-refractivity contribution < 1.29 is 19.2 Å². The minimum atomic E-state index is -0.133. The van der Waals surface area contributed by atoms with Crippen LogP contribution in [0.1, 0.15) is 98.1 Å². The molecule has 0 amide bonds. The molecule has 0 bridgehead atoms. The average molecular weight is 475 g/mol. The van der Waals surface area contributed by atoms with Crippen LogP contribution in [0.2, 0.25) is 0 Å². The maximum atomic E-state index is 13.3. The van der Waals surface area contributed by atoms with Gasteiger partial charge in [-0.1, -0.05) is 63.1 Å². The number of hydrogen-bond donors (Lipinski definition) is 0. The van der Waals surface area contributed by atoms with Gasteiger partial charge in [-0.05, 0) is 74.1 Å². The number of carbonyl (C=O) groups is 4. The minimum Gasteiger partial charge on any atom is -0.300 e. The molecular weight excluding hydrogens is 436 g/mol. The Kier molecular flexibility index (Phi) is 8.93. The first-order valence-electron chi connectivity index (χ1n) is 12.9. The average Bonchev–Trinajstić information content (AvgIpc) is 2.79. The van der Waals surface area contributed by atoms with Crippen molar-refractivity contribution in [2.75, 3.05) is 0 Å². The normalized spacial score (nSPS) is 16.9. The Morgan fingerprint density at radius 1 is 0.971 bits per heavy atom. The summed E-state index contributed by atoms with van der Waals surface area (Å²) in [6, 6.07) is 11.7. The van der Waals surface area contributed by atoms with E-state index < -0.39 is 0 Å². The third kappa shape index (κ3) is 6.22. The Hall–Kier alpha value is -2.88. The van der Waals surface area contributed by atoms with Crippen LogP contribution in [0.3, 0.4) is 0 Å². The summed E-state index contributed by atoms with van der Waals surface area (Å²) >= 11 is 0. The Morgan fingerprint density at radius 2 is 1.66 bits per heavy atom. The van der Waals surface area contributed by atoms with Crippen molar-refractivity contribution >= 4 is 23.1 Å². The van der Waals surface area contributed by atoms with E-state index in [1.54, 1.807) is 6.92 Å². The molecule has 0 heterocycles. The summed E-state index contributed by atoms with van der Waals surface area (Å²) in [4.78, 5) is 49.5. The quantitative estimate of drug-likeness (QED) is 0.260. The fraction of sp³-hybridized carbons (Fsp3) is 0.484. The van der Waals surface area contributed by atoms with E-state index in [2.05, 4.69) is 13.0 Å². The van der Waals surface area contributed by atoms with Crippen LogP contribution in [0, 0.1) is 24.7 Å². The maximum absolute atomic E-state index is 13.3. The molecule has 3 unspecified atom stereocenters. The summed E-state index contributed by atoms with van der Waals surface area (Å²) in [6.45, 7) is 9.18. The molecule has 0 aromatic heterocycles. The first kappa shape index (κ1) is 26.7. The molecule has 186 valence electrons. The van der Waals surface area contributed by atoms with Gasteiger partial charge >= 0.3 is 0 Å². The van der Waals surface area contributed by atoms with Crippen LogP contribution in [-0.4, -0.2) is 23.1 Å². The van der Waals surface area contributed by atoms with E-state index in [4.69, 9.17) is 0 Å². The SMILES string of the molecule is CCCC(CC1CC(=O)c2c(C)ccc(-c3ccc(C(C)=O)cc3)c2C1)C(CC)C(=O)CC(C)=O. The van der Waals surface area contributed by atoms with Crippen LogP contribution >= 0.6 is 0 Å². The summed E-state index contributed by atoms with van der Waals surface area (Å²) < 4.78 is 0. The van der Waals surface area contributed by atoms with E-state index >= 15 is 0 Å². The molecule has 4 nitrogen and oxygen atoms in total. The first-order chi connectivity index (χ1) is 16.7. The van der Waals surface area contributed by atoms with Crippen LogP contribution < -0.4 is 0 Å². The Morgan fingerprint density at radius 3 is 2.23 bits per heavy atom. The van der Waals surface area contributed by atoms with Crippen LogP contribution in [0.4, 0.5) is 0 Å². The van der Waals surface area contributed by atoms with Crippen molar-refractivity contribution in [1.29, 1.82) is 0 Å². The zero-order valence-electron chi connectivity index (χ0n) is 21.8. The number of carbonyl (C=O) groups excluding carboxylic acids is 4. The zero-order valence-corrected chi connectivity index (χ0v) is 21.8. The topological polar surface area (TPSA) is 68.3 Å². The highest BCUT2D eigenvalue weighted by molar-refractivity contribution is 6.02. The minimum absolute atomic E-state index is 0.00471. The third-order valence-electron chi connectivity index (χ3n) is 7.51. The van der Waals surface area contributed by atoms with Crippen LogP contribution in [0.25, 0.3) is 11.1 Å². The molecule has 0 saturated carbocycles. The number of ketones is 4. The second kappa shape index (κ2) is 11.7. The molecule has 35 heavy (non-hydrogen) atoms. The summed E-state index contributed by atoms with van der Waals surface area (Å²) in [6.07, 6.45) is 4.73. The van der Waals surface area contributed by atoms with E-state index in [1.165, 1.54) is 6.92 Å². The second-order valence-corrected chi connectivity index (χ2v) is 10.3. The van der Waals surface area contributed by atoms with E-state index in [0.717, 1.165) is 59.9 Å². The lowest BCUT2D eigenvalue weighted by Crippen LogP contribution is -2.30. The van der Waals surface area contributed by atoms with Gasteiger partial charge in [0.1, 0.15) is 11.6 Å². The van der Waals surface area contributed by atoms with E-state index in [1.807, 2.05) is 44.2 Å². The molecular formula is C31H38O4.